The van der Waals surface area contributed by atoms with Crippen molar-refractivity contribution in [1.29, 1.82) is 0 Å². The number of fused-ring (bicyclic) bond motifs is 1. The van der Waals surface area contributed by atoms with Gasteiger partial charge in [-0.05, 0) is 12.8 Å². The highest BCUT2D eigenvalue weighted by Gasteiger charge is 2.48. The van der Waals surface area contributed by atoms with Gasteiger partial charge in [0.2, 0.25) is 11.8 Å². The third-order valence-corrected chi connectivity index (χ3v) is 5.52. The van der Waals surface area contributed by atoms with E-state index < -0.39 is 0 Å². The van der Waals surface area contributed by atoms with E-state index in [4.69, 9.17) is 0 Å². The van der Waals surface area contributed by atoms with Crippen LogP contribution in [0, 0.1) is 11.8 Å². The lowest BCUT2D eigenvalue weighted by molar-refractivity contribution is -0.908. The van der Waals surface area contributed by atoms with Crippen LogP contribution in [-0.2, 0) is 9.59 Å². The number of piperazine rings is 1. The topological polar surface area (TPSA) is 59.2 Å². The van der Waals surface area contributed by atoms with Gasteiger partial charge in [-0.1, -0.05) is 12.2 Å². The van der Waals surface area contributed by atoms with E-state index in [9.17, 15) is 9.59 Å². The minimum absolute atomic E-state index is 0.0443. The summed E-state index contributed by atoms with van der Waals surface area (Å²) in [5.74, 6) is -0.127. The van der Waals surface area contributed by atoms with Gasteiger partial charge >= 0.3 is 0 Å². The molecular weight excluding hydrogens is 304 g/mol. The number of amides is 2. The van der Waals surface area contributed by atoms with E-state index >= 15 is 0 Å². The van der Waals surface area contributed by atoms with Gasteiger partial charge in [-0.3, -0.25) is 9.59 Å². The van der Waals surface area contributed by atoms with Crippen molar-refractivity contribution in [2.45, 2.75) is 12.8 Å². The van der Waals surface area contributed by atoms with E-state index in [0.717, 1.165) is 39.0 Å². The summed E-state index contributed by atoms with van der Waals surface area (Å²) in [5.41, 5.74) is 1.22. The summed E-state index contributed by atoms with van der Waals surface area (Å²) in [5, 5.41) is 0. The summed E-state index contributed by atoms with van der Waals surface area (Å²) < 4.78 is 0. The van der Waals surface area contributed by atoms with Crippen LogP contribution in [0.5, 0.6) is 0 Å². The zero-order valence-electron chi connectivity index (χ0n) is 13.8. The fraction of sp³-hybridized carbons (Fsp3) is 0.500. The number of carbonyl (C=O) groups excluding carboxylic acids is 2. The number of carbonyl (C=O) groups is 2. The number of hydrogen-bond donors (Lipinski definition) is 1. The van der Waals surface area contributed by atoms with Crippen LogP contribution in [0.4, 0.5) is 5.69 Å². The Kier molecular flexibility index (Phi) is 4.06. The molecule has 1 aromatic heterocycles. The second kappa shape index (κ2) is 6.36. The molecule has 0 bridgehead atoms. The van der Waals surface area contributed by atoms with Crippen molar-refractivity contribution in [3.8, 4) is 0 Å². The molecule has 0 saturated carbocycles. The Labute approximate surface area is 141 Å². The number of rotatable bonds is 3. The summed E-state index contributed by atoms with van der Waals surface area (Å²) in [6.45, 7) is 4.32. The van der Waals surface area contributed by atoms with Crippen LogP contribution in [0.15, 0.2) is 36.7 Å². The Bertz CT molecular complexity index is 626. The Hall–Kier alpha value is -2.21. The Morgan fingerprint density at radius 1 is 1.00 bits per heavy atom. The summed E-state index contributed by atoms with van der Waals surface area (Å²) in [7, 11) is 0. The van der Waals surface area contributed by atoms with E-state index in [1.54, 1.807) is 0 Å². The normalized spacial score (nSPS) is 27.7. The molecule has 0 aromatic carbocycles. The number of hydrogen-bond acceptors (Lipinski definition) is 3. The van der Waals surface area contributed by atoms with E-state index in [1.807, 2.05) is 24.5 Å². The number of allylic oxidation sites excluding steroid dienone is 2. The minimum Gasteiger partial charge on any atom is -0.360 e. The van der Waals surface area contributed by atoms with Crippen LogP contribution in [0.3, 0.4) is 0 Å². The summed E-state index contributed by atoms with van der Waals surface area (Å²) in [6, 6.07) is 4.16. The molecule has 126 valence electrons. The smallest absolute Gasteiger partial charge is 0.237 e. The van der Waals surface area contributed by atoms with Crippen molar-refractivity contribution in [2.24, 2.45) is 11.8 Å². The SMILES string of the molecule is O=C1[C@H]2CC=CC[C@H]2C(=O)N1C[NH+]1CCN(c2cc[nH+]cc2)CC1. The molecule has 2 N–H and O–H groups in total. The Balaban J connectivity index is 1.36. The highest BCUT2D eigenvalue weighted by Crippen LogP contribution is 2.34. The first kappa shape index (κ1) is 15.3. The minimum atomic E-state index is -0.108. The van der Waals surface area contributed by atoms with E-state index in [0.29, 0.717) is 6.67 Å². The maximum atomic E-state index is 12.6. The van der Waals surface area contributed by atoms with Crippen molar-refractivity contribution in [2.75, 3.05) is 37.7 Å². The fourth-order valence-corrected chi connectivity index (χ4v) is 4.08. The van der Waals surface area contributed by atoms with E-state index in [2.05, 4.69) is 22.0 Å². The molecule has 3 heterocycles. The highest BCUT2D eigenvalue weighted by molar-refractivity contribution is 6.05. The van der Waals surface area contributed by atoms with Crippen LogP contribution in [-0.4, -0.2) is 49.6 Å². The molecule has 6 nitrogen and oxygen atoms in total. The number of aromatic nitrogens is 1. The van der Waals surface area contributed by atoms with Crippen LogP contribution in [0.2, 0.25) is 0 Å². The van der Waals surface area contributed by atoms with Gasteiger partial charge in [-0.15, -0.1) is 0 Å². The maximum absolute atomic E-state index is 12.6. The van der Waals surface area contributed by atoms with Gasteiger partial charge in [-0.2, -0.15) is 0 Å². The van der Waals surface area contributed by atoms with Crippen molar-refractivity contribution in [3.05, 3.63) is 36.7 Å². The van der Waals surface area contributed by atoms with E-state index in [1.165, 1.54) is 15.5 Å². The third kappa shape index (κ3) is 2.71. The molecule has 2 fully saturated rings. The van der Waals surface area contributed by atoms with Crippen molar-refractivity contribution < 1.29 is 19.5 Å². The van der Waals surface area contributed by atoms with Gasteiger partial charge in [0.15, 0.2) is 19.1 Å². The van der Waals surface area contributed by atoms with Crippen LogP contribution < -0.4 is 14.8 Å². The molecule has 24 heavy (non-hydrogen) atoms. The van der Waals surface area contributed by atoms with Crippen molar-refractivity contribution >= 4 is 17.5 Å². The fourth-order valence-electron chi connectivity index (χ4n) is 4.08. The third-order valence-electron chi connectivity index (χ3n) is 5.52. The standard InChI is InChI=1S/C18H22N4O2/c23-17-15-3-1-2-4-16(15)18(24)22(17)13-20-9-11-21(12-10-20)14-5-7-19-8-6-14/h1-2,5-8,15-16H,3-4,9-13H2/p+2/t15-,16+. The van der Waals surface area contributed by atoms with Gasteiger partial charge in [0.05, 0.1) is 38.0 Å². The number of aromatic amines is 1. The Morgan fingerprint density at radius 2 is 1.58 bits per heavy atom. The van der Waals surface area contributed by atoms with Gasteiger partial charge in [0.1, 0.15) is 0 Å². The number of likely N-dealkylation sites (tertiary alicyclic amines) is 1. The van der Waals surface area contributed by atoms with Crippen molar-refractivity contribution in [1.82, 2.24) is 4.90 Å². The quantitative estimate of drug-likeness (QED) is 0.579. The van der Waals surface area contributed by atoms with Crippen LogP contribution in [0.1, 0.15) is 12.8 Å². The predicted molar refractivity (Wildman–Crippen MR) is 88.0 cm³/mol. The van der Waals surface area contributed by atoms with Crippen LogP contribution >= 0.6 is 0 Å². The number of anilines is 1. The van der Waals surface area contributed by atoms with Gasteiger partial charge in [0, 0.05) is 17.8 Å². The number of imide groups is 1. The maximum Gasteiger partial charge on any atom is 0.237 e. The molecule has 2 saturated heterocycles. The van der Waals surface area contributed by atoms with E-state index in [-0.39, 0.29) is 23.7 Å². The molecule has 1 aliphatic carbocycles. The number of quaternary nitrogens is 1. The summed E-state index contributed by atoms with van der Waals surface area (Å²) in [6.07, 6.45) is 9.40. The molecular formula is C18H24N4O2+2. The molecule has 0 spiro atoms. The first-order chi connectivity index (χ1) is 11.7. The lowest BCUT2D eigenvalue weighted by Gasteiger charge is -2.34. The molecule has 2 amide bonds. The number of pyridine rings is 1. The molecule has 0 unspecified atom stereocenters. The zero-order chi connectivity index (χ0) is 16.5. The molecule has 4 rings (SSSR count). The molecule has 0 radical (unpaired) electrons. The molecule has 1 aromatic rings. The number of nitrogens with one attached hydrogen (secondary N) is 2. The monoisotopic (exact) mass is 328 g/mol. The molecule has 2 aliphatic heterocycles. The van der Waals surface area contributed by atoms with Gasteiger partial charge in [0.25, 0.3) is 0 Å². The average molecular weight is 328 g/mol. The average Bonchev–Trinajstić information content (AvgIpc) is 2.88. The predicted octanol–water partition coefficient (Wildman–Crippen LogP) is -0.886. The highest BCUT2D eigenvalue weighted by atomic mass is 16.2. The lowest BCUT2D eigenvalue weighted by atomic mass is 9.85. The first-order valence-corrected chi connectivity index (χ1v) is 8.79. The van der Waals surface area contributed by atoms with Gasteiger partial charge < -0.3 is 9.80 Å². The van der Waals surface area contributed by atoms with Crippen LogP contribution in [0.25, 0.3) is 0 Å². The first-order valence-electron chi connectivity index (χ1n) is 8.79. The Morgan fingerprint density at radius 3 is 2.17 bits per heavy atom. The second-order valence-corrected chi connectivity index (χ2v) is 6.91. The summed E-state index contributed by atoms with van der Waals surface area (Å²) >= 11 is 0. The van der Waals surface area contributed by atoms with Gasteiger partial charge in [-0.25, -0.2) is 9.88 Å². The molecule has 6 heteroatoms. The number of nitrogens with zero attached hydrogens (tertiary/aromatic N) is 2. The lowest BCUT2D eigenvalue weighted by Crippen LogP contribution is -3.16. The van der Waals surface area contributed by atoms with Crippen molar-refractivity contribution in [3.63, 3.8) is 0 Å². The zero-order valence-corrected chi connectivity index (χ0v) is 13.8. The number of H-pyrrole nitrogens is 1. The second-order valence-electron chi connectivity index (χ2n) is 6.91. The molecule has 2 atom stereocenters. The molecule has 3 aliphatic rings. The summed E-state index contributed by atoms with van der Waals surface area (Å²) in [4.78, 5) is 33.4. The largest absolute Gasteiger partial charge is 0.360 e.